The van der Waals surface area contributed by atoms with Gasteiger partial charge in [-0.3, -0.25) is 0 Å². The zero-order valence-electron chi connectivity index (χ0n) is 7.59. The average Bonchev–Trinajstić information content (AvgIpc) is 2.56. The molecule has 2 aromatic heterocycles. The average molecular weight is 170 g/mol. The summed E-state index contributed by atoms with van der Waals surface area (Å²) < 4.78 is 2.31. The molecule has 0 saturated carbocycles. The fourth-order valence-electron chi connectivity index (χ4n) is 2.29. The van der Waals surface area contributed by atoms with Crippen molar-refractivity contribution in [1.29, 1.82) is 0 Å². The van der Waals surface area contributed by atoms with E-state index in [1.807, 2.05) is 6.07 Å². The van der Waals surface area contributed by atoms with Crippen molar-refractivity contribution >= 4 is 5.52 Å². The lowest BCUT2D eigenvalue weighted by Crippen LogP contribution is -2.02. The summed E-state index contributed by atoms with van der Waals surface area (Å²) in [5.41, 5.74) is 4.37. The minimum atomic E-state index is 1.24. The predicted octanol–water partition coefficient (Wildman–Crippen LogP) is 2.62. The van der Waals surface area contributed by atoms with Crippen LogP contribution in [0, 0.1) is 6.07 Å². The molecule has 3 rings (SSSR count). The van der Waals surface area contributed by atoms with Crippen LogP contribution in [0.1, 0.15) is 24.1 Å². The SMILES string of the molecule is [c]1ccn2c3c(cc2c1)CCCC3. The van der Waals surface area contributed by atoms with Crippen molar-refractivity contribution in [2.45, 2.75) is 25.7 Å². The summed E-state index contributed by atoms with van der Waals surface area (Å²) in [6.45, 7) is 0. The molecule has 0 atom stereocenters. The van der Waals surface area contributed by atoms with Crippen LogP contribution in [-0.2, 0) is 12.8 Å². The van der Waals surface area contributed by atoms with Crippen LogP contribution in [0.2, 0.25) is 0 Å². The van der Waals surface area contributed by atoms with E-state index in [1.54, 1.807) is 5.56 Å². The Morgan fingerprint density at radius 3 is 3.15 bits per heavy atom. The van der Waals surface area contributed by atoms with E-state index in [-0.39, 0.29) is 0 Å². The molecule has 1 aliphatic rings. The molecule has 0 fully saturated rings. The summed E-state index contributed by atoms with van der Waals surface area (Å²) >= 11 is 0. The van der Waals surface area contributed by atoms with Gasteiger partial charge in [-0.15, -0.1) is 0 Å². The maximum absolute atomic E-state index is 3.12. The molecule has 0 saturated heterocycles. The van der Waals surface area contributed by atoms with E-state index in [4.69, 9.17) is 0 Å². The van der Waals surface area contributed by atoms with Crippen LogP contribution in [0.15, 0.2) is 24.4 Å². The molecule has 1 aliphatic carbocycles. The molecular formula is C12H12N. The normalized spacial score (nSPS) is 16.0. The molecule has 13 heavy (non-hydrogen) atoms. The van der Waals surface area contributed by atoms with E-state index in [0.29, 0.717) is 0 Å². The van der Waals surface area contributed by atoms with Gasteiger partial charge in [-0.25, -0.2) is 0 Å². The second-order valence-electron chi connectivity index (χ2n) is 3.74. The summed E-state index contributed by atoms with van der Waals surface area (Å²) in [6, 6.07) is 9.49. The smallest absolute Gasteiger partial charge is 0.0461 e. The first kappa shape index (κ1) is 7.19. The highest BCUT2D eigenvalue weighted by atomic mass is 14.9. The van der Waals surface area contributed by atoms with Gasteiger partial charge in [0.15, 0.2) is 0 Å². The van der Waals surface area contributed by atoms with Gasteiger partial charge in [-0.05, 0) is 55.5 Å². The Hall–Kier alpha value is -1.24. The Labute approximate surface area is 78.0 Å². The maximum Gasteiger partial charge on any atom is 0.0461 e. The zero-order valence-corrected chi connectivity index (χ0v) is 7.59. The predicted molar refractivity (Wildman–Crippen MR) is 52.9 cm³/mol. The van der Waals surface area contributed by atoms with Crippen LogP contribution in [-0.4, -0.2) is 4.40 Å². The summed E-state index contributed by atoms with van der Waals surface area (Å²) in [5.74, 6) is 0. The molecule has 0 N–H and O–H groups in total. The minimum Gasteiger partial charge on any atom is -0.321 e. The molecule has 0 spiro atoms. The molecule has 1 heteroatoms. The zero-order chi connectivity index (χ0) is 8.67. The molecule has 0 bridgehead atoms. The minimum absolute atomic E-state index is 1.24. The van der Waals surface area contributed by atoms with Gasteiger partial charge in [0, 0.05) is 17.4 Å². The largest absolute Gasteiger partial charge is 0.321 e. The molecule has 1 nitrogen and oxygen atoms in total. The second kappa shape index (κ2) is 2.63. The van der Waals surface area contributed by atoms with Crippen LogP contribution >= 0.6 is 0 Å². The molecule has 0 unspecified atom stereocenters. The first-order chi connectivity index (χ1) is 6.45. The number of rotatable bonds is 0. The van der Waals surface area contributed by atoms with Crippen molar-refractivity contribution in [3.8, 4) is 0 Å². The van der Waals surface area contributed by atoms with Crippen molar-refractivity contribution in [3.05, 3.63) is 41.7 Å². The van der Waals surface area contributed by atoms with Crippen LogP contribution in [0.5, 0.6) is 0 Å². The number of hydrogen-bond donors (Lipinski definition) is 0. The van der Waals surface area contributed by atoms with Crippen LogP contribution in [0.4, 0.5) is 0 Å². The molecule has 0 aliphatic heterocycles. The third kappa shape index (κ3) is 0.998. The van der Waals surface area contributed by atoms with Gasteiger partial charge in [0.1, 0.15) is 0 Å². The van der Waals surface area contributed by atoms with Crippen molar-refractivity contribution in [2.24, 2.45) is 0 Å². The van der Waals surface area contributed by atoms with Gasteiger partial charge in [-0.1, -0.05) is 0 Å². The summed E-state index contributed by atoms with van der Waals surface area (Å²) in [5, 5.41) is 0. The maximum atomic E-state index is 3.12. The van der Waals surface area contributed by atoms with Gasteiger partial charge < -0.3 is 4.40 Å². The third-order valence-corrected chi connectivity index (χ3v) is 2.92. The molecule has 2 aromatic rings. The first-order valence-electron chi connectivity index (χ1n) is 4.94. The van der Waals surface area contributed by atoms with Crippen molar-refractivity contribution in [2.75, 3.05) is 0 Å². The summed E-state index contributed by atoms with van der Waals surface area (Å²) in [7, 11) is 0. The van der Waals surface area contributed by atoms with E-state index in [1.165, 1.54) is 36.9 Å². The van der Waals surface area contributed by atoms with E-state index in [2.05, 4.69) is 28.8 Å². The number of nitrogens with zero attached hydrogens (tertiary/aromatic N) is 1. The van der Waals surface area contributed by atoms with Crippen molar-refractivity contribution < 1.29 is 0 Å². The van der Waals surface area contributed by atoms with Gasteiger partial charge >= 0.3 is 0 Å². The first-order valence-corrected chi connectivity index (χ1v) is 4.94. The molecule has 0 amide bonds. The Balaban J connectivity index is 2.34. The number of fused-ring (bicyclic) bond motifs is 3. The Kier molecular flexibility index (Phi) is 1.45. The molecule has 2 heterocycles. The highest BCUT2D eigenvalue weighted by molar-refractivity contribution is 5.53. The van der Waals surface area contributed by atoms with Crippen LogP contribution in [0.3, 0.4) is 0 Å². The topological polar surface area (TPSA) is 4.41 Å². The fourth-order valence-corrected chi connectivity index (χ4v) is 2.29. The standard InChI is InChI=1S/C12H12N/c1-2-7-12-10(5-1)9-11-6-3-4-8-13(11)12/h4,6,8-9H,1-2,5,7H2. The fraction of sp³-hybridized carbons (Fsp3) is 0.333. The molecule has 65 valence electrons. The van der Waals surface area contributed by atoms with Gasteiger partial charge in [0.05, 0.1) is 0 Å². The van der Waals surface area contributed by atoms with Crippen LogP contribution < -0.4 is 0 Å². The van der Waals surface area contributed by atoms with E-state index in [0.717, 1.165) is 0 Å². The van der Waals surface area contributed by atoms with Crippen molar-refractivity contribution in [1.82, 2.24) is 4.40 Å². The lowest BCUT2D eigenvalue weighted by Gasteiger charge is -2.11. The monoisotopic (exact) mass is 170 g/mol. The Morgan fingerprint density at radius 2 is 2.15 bits per heavy atom. The third-order valence-electron chi connectivity index (χ3n) is 2.92. The van der Waals surface area contributed by atoms with Gasteiger partial charge in [0.2, 0.25) is 0 Å². The van der Waals surface area contributed by atoms with Crippen molar-refractivity contribution in [3.63, 3.8) is 0 Å². The van der Waals surface area contributed by atoms with Gasteiger partial charge in [0.25, 0.3) is 0 Å². The number of hydrogen-bond acceptors (Lipinski definition) is 0. The molecular weight excluding hydrogens is 158 g/mol. The summed E-state index contributed by atoms with van der Waals surface area (Å²) in [6.07, 6.45) is 7.33. The van der Waals surface area contributed by atoms with E-state index >= 15 is 0 Å². The number of pyridine rings is 1. The highest BCUT2D eigenvalue weighted by Crippen LogP contribution is 2.24. The van der Waals surface area contributed by atoms with Crippen LogP contribution in [0.25, 0.3) is 5.52 Å². The molecule has 0 aromatic carbocycles. The quantitative estimate of drug-likeness (QED) is 0.572. The van der Waals surface area contributed by atoms with E-state index in [9.17, 15) is 0 Å². The number of aromatic nitrogens is 1. The Morgan fingerprint density at radius 1 is 1.23 bits per heavy atom. The lowest BCUT2D eigenvalue weighted by molar-refractivity contribution is 0.669. The Bertz CT molecular complexity index is 439. The van der Waals surface area contributed by atoms with Gasteiger partial charge in [-0.2, -0.15) is 0 Å². The van der Waals surface area contributed by atoms with E-state index < -0.39 is 0 Å². The second-order valence-corrected chi connectivity index (χ2v) is 3.74. The highest BCUT2D eigenvalue weighted by Gasteiger charge is 2.13. The number of aryl methyl sites for hydroxylation is 2. The summed E-state index contributed by atoms with van der Waals surface area (Å²) in [4.78, 5) is 0. The molecule has 1 radical (unpaired) electrons. The lowest BCUT2D eigenvalue weighted by atomic mass is 9.98.